The fourth-order valence-electron chi connectivity index (χ4n) is 2.63. The minimum atomic E-state index is -0.855. The summed E-state index contributed by atoms with van der Waals surface area (Å²) in [5.74, 6) is 0.364. The van der Waals surface area contributed by atoms with Crippen molar-refractivity contribution in [2.45, 2.75) is 65.6 Å². The molecule has 0 radical (unpaired) electrons. The van der Waals surface area contributed by atoms with Crippen LogP contribution >= 0.6 is 0 Å². The molecule has 1 atom stereocenters. The van der Waals surface area contributed by atoms with Gasteiger partial charge < -0.3 is 19.7 Å². The van der Waals surface area contributed by atoms with Crippen molar-refractivity contribution in [3.05, 3.63) is 0 Å². The molecular weight excluding hydrogens is 320 g/mol. The number of rotatable bonds is 11. The number of hydrogen-bond acceptors (Lipinski definition) is 6. The van der Waals surface area contributed by atoms with Crippen LogP contribution < -0.4 is 5.32 Å². The Labute approximate surface area is 152 Å². The highest BCUT2D eigenvalue weighted by molar-refractivity contribution is 5.86. The molecule has 0 aromatic rings. The van der Waals surface area contributed by atoms with E-state index in [9.17, 15) is 9.59 Å². The van der Waals surface area contributed by atoms with E-state index in [0.29, 0.717) is 18.8 Å². The van der Waals surface area contributed by atoms with Crippen molar-refractivity contribution in [2.75, 3.05) is 39.3 Å². The third kappa shape index (κ3) is 9.33. The van der Waals surface area contributed by atoms with Crippen molar-refractivity contribution < 1.29 is 19.1 Å². The molecule has 25 heavy (non-hydrogen) atoms. The first kappa shape index (κ1) is 22.1. The molecule has 1 aliphatic heterocycles. The molecule has 0 saturated carbocycles. The van der Waals surface area contributed by atoms with Crippen LogP contribution in [0, 0.1) is 5.92 Å². The van der Waals surface area contributed by atoms with E-state index >= 15 is 0 Å². The van der Waals surface area contributed by atoms with Gasteiger partial charge in [-0.2, -0.15) is 0 Å². The Bertz CT molecular complexity index is 418. The summed E-state index contributed by atoms with van der Waals surface area (Å²) in [5, 5.41) is 3.30. The second-order valence-corrected chi connectivity index (χ2v) is 7.82. The SMILES string of the molecule is CC(C)CCC(=O)OC(C)COC(C)(C)C(=O)CCN1CCNCC1. The van der Waals surface area contributed by atoms with E-state index < -0.39 is 5.60 Å². The maximum absolute atomic E-state index is 12.4. The van der Waals surface area contributed by atoms with Gasteiger partial charge in [-0.1, -0.05) is 13.8 Å². The second-order valence-electron chi connectivity index (χ2n) is 7.82. The van der Waals surface area contributed by atoms with Gasteiger partial charge in [0.2, 0.25) is 0 Å². The number of hydrogen-bond donors (Lipinski definition) is 1. The van der Waals surface area contributed by atoms with Gasteiger partial charge in [-0.3, -0.25) is 9.59 Å². The van der Waals surface area contributed by atoms with Gasteiger partial charge in [0.15, 0.2) is 5.78 Å². The van der Waals surface area contributed by atoms with Crippen molar-refractivity contribution >= 4 is 11.8 Å². The lowest BCUT2D eigenvalue weighted by Gasteiger charge is -2.29. The molecular formula is C19H36N2O4. The minimum absolute atomic E-state index is 0.0874. The van der Waals surface area contributed by atoms with Gasteiger partial charge in [0.25, 0.3) is 0 Å². The van der Waals surface area contributed by atoms with Crippen LogP contribution in [-0.4, -0.2) is 67.7 Å². The number of carbonyl (C=O) groups is 2. The summed E-state index contributed by atoms with van der Waals surface area (Å²) in [6.45, 7) is 14.5. The minimum Gasteiger partial charge on any atom is -0.460 e. The maximum atomic E-state index is 12.4. The fraction of sp³-hybridized carbons (Fsp3) is 0.895. The number of nitrogens with one attached hydrogen (secondary N) is 1. The van der Waals surface area contributed by atoms with Crippen LogP contribution in [0.5, 0.6) is 0 Å². The van der Waals surface area contributed by atoms with E-state index in [-0.39, 0.29) is 24.5 Å². The van der Waals surface area contributed by atoms with E-state index in [1.807, 2.05) is 0 Å². The number of carbonyl (C=O) groups excluding carboxylic acids is 2. The van der Waals surface area contributed by atoms with Crippen LogP contribution in [0.15, 0.2) is 0 Å². The smallest absolute Gasteiger partial charge is 0.306 e. The summed E-state index contributed by atoms with van der Waals surface area (Å²) in [6, 6.07) is 0. The number of nitrogens with zero attached hydrogens (tertiary/aromatic N) is 1. The van der Waals surface area contributed by atoms with Gasteiger partial charge in [0, 0.05) is 45.6 Å². The Hall–Kier alpha value is -0.980. The molecule has 1 fully saturated rings. The molecule has 1 unspecified atom stereocenters. The van der Waals surface area contributed by atoms with Gasteiger partial charge in [0.1, 0.15) is 11.7 Å². The summed E-state index contributed by atoms with van der Waals surface area (Å²) >= 11 is 0. The first-order chi connectivity index (χ1) is 11.7. The molecule has 6 heteroatoms. The first-order valence-corrected chi connectivity index (χ1v) is 9.50. The van der Waals surface area contributed by atoms with E-state index in [1.54, 1.807) is 20.8 Å². The van der Waals surface area contributed by atoms with Crippen LogP contribution in [-0.2, 0) is 19.1 Å². The van der Waals surface area contributed by atoms with Crippen LogP contribution in [0.4, 0.5) is 0 Å². The van der Waals surface area contributed by atoms with Crippen LogP contribution in [0.25, 0.3) is 0 Å². The van der Waals surface area contributed by atoms with Gasteiger partial charge in [-0.15, -0.1) is 0 Å². The zero-order valence-electron chi connectivity index (χ0n) is 16.6. The number of esters is 1. The predicted octanol–water partition coefficient (Wildman–Crippen LogP) is 2.01. The molecule has 1 saturated heterocycles. The monoisotopic (exact) mass is 356 g/mol. The quantitative estimate of drug-likeness (QED) is 0.571. The summed E-state index contributed by atoms with van der Waals surface area (Å²) in [7, 11) is 0. The average molecular weight is 357 g/mol. The molecule has 0 amide bonds. The number of Topliss-reactive ketones (excluding diaryl/α,β-unsaturated/α-hetero) is 1. The Balaban J connectivity index is 2.27. The lowest BCUT2D eigenvalue weighted by molar-refractivity contribution is -0.158. The Morgan fingerprint density at radius 3 is 2.36 bits per heavy atom. The predicted molar refractivity (Wildman–Crippen MR) is 98.6 cm³/mol. The average Bonchev–Trinajstić information content (AvgIpc) is 2.57. The van der Waals surface area contributed by atoms with E-state index in [1.165, 1.54) is 0 Å². The molecule has 1 aliphatic rings. The Morgan fingerprint density at radius 1 is 1.12 bits per heavy atom. The first-order valence-electron chi connectivity index (χ1n) is 9.50. The molecule has 146 valence electrons. The molecule has 0 bridgehead atoms. The molecule has 0 aliphatic carbocycles. The Morgan fingerprint density at radius 2 is 1.76 bits per heavy atom. The molecule has 1 N–H and O–H groups in total. The molecule has 0 spiro atoms. The lowest BCUT2D eigenvalue weighted by atomic mass is 10.0. The molecule has 0 aromatic heterocycles. The third-order valence-corrected chi connectivity index (χ3v) is 4.47. The highest BCUT2D eigenvalue weighted by Gasteiger charge is 2.29. The summed E-state index contributed by atoms with van der Waals surface area (Å²) < 4.78 is 11.1. The summed E-state index contributed by atoms with van der Waals surface area (Å²) in [5.41, 5.74) is -0.855. The molecule has 1 heterocycles. The van der Waals surface area contributed by atoms with E-state index in [0.717, 1.165) is 39.1 Å². The largest absolute Gasteiger partial charge is 0.460 e. The topological polar surface area (TPSA) is 67.9 Å². The van der Waals surface area contributed by atoms with Crippen molar-refractivity contribution in [3.8, 4) is 0 Å². The highest BCUT2D eigenvalue weighted by Crippen LogP contribution is 2.15. The summed E-state index contributed by atoms with van der Waals surface area (Å²) in [6.07, 6.45) is 1.38. The van der Waals surface area contributed by atoms with Crippen molar-refractivity contribution in [1.29, 1.82) is 0 Å². The van der Waals surface area contributed by atoms with Gasteiger partial charge in [-0.25, -0.2) is 0 Å². The van der Waals surface area contributed by atoms with Crippen LogP contribution in [0.3, 0.4) is 0 Å². The van der Waals surface area contributed by atoms with E-state index in [4.69, 9.17) is 9.47 Å². The van der Waals surface area contributed by atoms with Crippen molar-refractivity contribution in [2.24, 2.45) is 5.92 Å². The van der Waals surface area contributed by atoms with Gasteiger partial charge in [0.05, 0.1) is 6.61 Å². The fourth-order valence-corrected chi connectivity index (χ4v) is 2.63. The number of ketones is 1. The maximum Gasteiger partial charge on any atom is 0.306 e. The molecule has 0 aromatic carbocycles. The molecule has 6 nitrogen and oxygen atoms in total. The van der Waals surface area contributed by atoms with Crippen LogP contribution in [0.2, 0.25) is 0 Å². The standard InChI is InChI=1S/C19H36N2O4/c1-15(2)6-7-18(23)25-16(3)14-24-19(4,5)17(22)8-11-21-12-9-20-10-13-21/h15-16,20H,6-14H2,1-5H3. The van der Waals surface area contributed by atoms with Gasteiger partial charge >= 0.3 is 5.97 Å². The number of ether oxygens (including phenoxy) is 2. The number of piperazine rings is 1. The molecule has 1 rings (SSSR count). The normalized spacial score (nSPS) is 17.5. The van der Waals surface area contributed by atoms with Crippen molar-refractivity contribution in [1.82, 2.24) is 10.2 Å². The Kier molecular flexibility index (Phi) is 9.61. The lowest BCUT2D eigenvalue weighted by Crippen LogP contribution is -2.45. The van der Waals surface area contributed by atoms with Crippen molar-refractivity contribution in [3.63, 3.8) is 0 Å². The van der Waals surface area contributed by atoms with Gasteiger partial charge in [-0.05, 0) is 33.1 Å². The van der Waals surface area contributed by atoms with E-state index in [2.05, 4.69) is 24.1 Å². The third-order valence-electron chi connectivity index (χ3n) is 4.47. The zero-order valence-corrected chi connectivity index (χ0v) is 16.6. The zero-order chi connectivity index (χ0) is 18.9. The second kappa shape index (κ2) is 10.9. The van der Waals surface area contributed by atoms with Crippen LogP contribution in [0.1, 0.15) is 53.9 Å². The summed E-state index contributed by atoms with van der Waals surface area (Å²) in [4.78, 5) is 26.5. The highest BCUT2D eigenvalue weighted by atomic mass is 16.6.